The zero-order valence-electron chi connectivity index (χ0n) is 15.0. The fourth-order valence-corrected chi connectivity index (χ4v) is 3.11. The van der Waals surface area contributed by atoms with Crippen LogP contribution in [0.2, 0.25) is 0 Å². The van der Waals surface area contributed by atoms with Crippen molar-refractivity contribution in [2.24, 2.45) is 0 Å². The van der Waals surface area contributed by atoms with Gasteiger partial charge in [0.15, 0.2) is 6.61 Å². The van der Waals surface area contributed by atoms with E-state index in [2.05, 4.69) is 5.32 Å². The summed E-state index contributed by atoms with van der Waals surface area (Å²) in [7, 11) is 0. The number of rotatable bonds is 4. The fourth-order valence-electron chi connectivity index (χ4n) is 3.11. The molecule has 0 saturated heterocycles. The molecule has 1 heterocycles. The van der Waals surface area contributed by atoms with Crippen molar-refractivity contribution in [3.63, 3.8) is 0 Å². The van der Waals surface area contributed by atoms with Crippen LogP contribution in [0.1, 0.15) is 18.9 Å². The average Bonchev–Trinajstić information content (AvgIpc) is 2.73. The van der Waals surface area contributed by atoms with E-state index in [9.17, 15) is 19.7 Å². The summed E-state index contributed by atoms with van der Waals surface area (Å²) >= 11 is 0. The van der Waals surface area contributed by atoms with Crippen molar-refractivity contribution < 1.29 is 19.2 Å². The number of hydrogen-bond donors (Lipinski definition) is 1. The molecule has 0 unspecified atom stereocenters. The summed E-state index contributed by atoms with van der Waals surface area (Å²) in [4.78, 5) is 36.8. The van der Waals surface area contributed by atoms with E-state index >= 15 is 0 Å². The molecule has 27 heavy (non-hydrogen) atoms. The number of nitrogens with zero attached hydrogens (tertiary/aromatic N) is 2. The molecule has 1 aliphatic heterocycles. The van der Waals surface area contributed by atoms with Crippen molar-refractivity contribution in [2.45, 2.75) is 26.3 Å². The highest BCUT2D eigenvalue weighted by molar-refractivity contribution is 6.04. The van der Waals surface area contributed by atoms with E-state index < -0.39 is 4.92 Å². The van der Waals surface area contributed by atoms with Crippen LogP contribution in [0.25, 0.3) is 0 Å². The average molecular weight is 369 g/mol. The first kappa shape index (κ1) is 18.4. The molecule has 1 aliphatic rings. The SMILES string of the molecule is Cc1cc(OCC(=O)N2c3ccccc3NC(=O)C[C@H]2C)ccc1[N+](=O)[O-]. The van der Waals surface area contributed by atoms with E-state index in [-0.39, 0.29) is 36.6 Å². The molecule has 0 aliphatic carbocycles. The van der Waals surface area contributed by atoms with E-state index in [4.69, 9.17) is 4.74 Å². The van der Waals surface area contributed by atoms with Crippen molar-refractivity contribution in [1.29, 1.82) is 0 Å². The van der Waals surface area contributed by atoms with Gasteiger partial charge in [-0.25, -0.2) is 0 Å². The number of para-hydroxylation sites is 2. The normalized spacial score (nSPS) is 16.1. The second kappa shape index (κ2) is 7.45. The Morgan fingerprint density at radius 2 is 2.07 bits per heavy atom. The highest BCUT2D eigenvalue weighted by atomic mass is 16.6. The van der Waals surface area contributed by atoms with Gasteiger partial charge in [-0.05, 0) is 38.1 Å². The topological polar surface area (TPSA) is 102 Å². The minimum atomic E-state index is -0.468. The third kappa shape index (κ3) is 3.89. The Morgan fingerprint density at radius 1 is 1.33 bits per heavy atom. The lowest BCUT2D eigenvalue weighted by atomic mass is 10.1. The van der Waals surface area contributed by atoms with Gasteiger partial charge in [0.1, 0.15) is 5.75 Å². The van der Waals surface area contributed by atoms with Crippen molar-refractivity contribution >= 4 is 28.9 Å². The van der Waals surface area contributed by atoms with Gasteiger partial charge in [-0.1, -0.05) is 12.1 Å². The van der Waals surface area contributed by atoms with Crippen molar-refractivity contribution in [3.05, 3.63) is 58.1 Å². The smallest absolute Gasteiger partial charge is 0.272 e. The van der Waals surface area contributed by atoms with Crippen LogP contribution in [0.15, 0.2) is 42.5 Å². The van der Waals surface area contributed by atoms with Crippen molar-refractivity contribution in [3.8, 4) is 5.75 Å². The Hall–Kier alpha value is -3.42. The van der Waals surface area contributed by atoms with Gasteiger partial charge in [0.25, 0.3) is 11.6 Å². The molecule has 1 atom stereocenters. The molecule has 140 valence electrons. The highest BCUT2D eigenvalue weighted by Gasteiger charge is 2.29. The second-order valence-electron chi connectivity index (χ2n) is 6.38. The Balaban J connectivity index is 1.78. The van der Waals surface area contributed by atoms with Crippen molar-refractivity contribution in [2.75, 3.05) is 16.8 Å². The fraction of sp³-hybridized carbons (Fsp3) is 0.263. The van der Waals surface area contributed by atoms with Crippen LogP contribution in [0.3, 0.4) is 0 Å². The molecule has 8 heteroatoms. The number of nitrogens with one attached hydrogen (secondary N) is 1. The van der Waals surface area contributed by atoms with Crippen LogP contribution < -0.4 is 15.0 Å². The Labute approximate surface area is 155 Å². The van der Waals surface area contributed by atoms with E-state index in [1.807, 2.05) is 0 Å². The maximum Gasteiger partial charge on any atom is 0.272 e. The number of carbonyl (C=O) groups is 2. The predicted octanol–water partition coefficient (Wildman–Crippen LogP) is 3.05. The van der Waals surface area contributed by atoms with Gasteiger partial charge in [-0.3, -0.25) is 19.7 Å². The second-order valence-corrected chi connectivity index (χ2v) is 6.38. The van der Waals surface area contributed by atoms with Crippen LogP contribution >= 0.6 is 0 Å². The molecule has 0 spiro atoms. The molecule has 3 rings (SSSR count). The lowest BCUT2D eigenvalue weighted by Gasteiger charge is -2.27. The Kier molecular flexibility index (Phi) is 5.07. The number of anilines is 2. The first-order valence-corrected chi connectivity index (χ1v) is 8.45. The number of nitro benzene ring substituents is 1. The molecule has 8 nitrogen and oxygen atoms in total. The summed E-state index contributed by atoms with van der Waals surface area (Å²) in [5.41, 5.74) is 1.64. The van der Waals surface area contributed by atoms with E-state index in [1.54, 1.807) is 43.0 Å². The number of nitro groups is 1. The van der Waals surface area contributed by atoms with E-state index in [1.165, 1.54) is 18.2 Å². The number of amides is 2. The molecule has 0 radical (unpaired) electrons. The lowest BCUT2D eigenvalue weighted by Crippen LogP contribution is -2.41. The molecule has 0 aromatic heterocycles. The van der Waals surface area contributed by atoms with Gasteiger partial charge >= 0.3 is 0 Å². The van der Waals surface area contributed by atoms with Gasteiger partial charge in [0, 0.05) is 24.1 Å². The zero-order valence-corrected chi connectivity index (χ0v) is 15.0. The van der Waals surface area contributed by atoms with Gasteiger partial charge < -0.3 is 15.0 Å². The lowest BCUT2D eigenvalue weighted by molar-refractivity contribution is -0.385. The summed E-state index contributed by atoms with van der Waals surface area (Å²) in [5.74, 6) is -0.0870. The molecule has 2 aromatic carbocycles. The Bertz CT molecular complexity index is 912. The van der Waals surface area contributed by atoms with Crippen LogP contribution in [-0.4, -0.2) is 29.4 Å². The molecular formula is C19H19N3O5. The maximum absolute atomic E-state index is 12.8. The number of aryl methyl sites for hydroxylation is 1. The summed E-state index contributed by atoms with van der Waals surface area (Å²) in [6, 6.07) is 11.1. The van der Waals surface area contributed by atoms with Crippen LogP contribution in [0, 0.1) is 17.0 Å². The largest absolute Gasteiger partial charge is 0.484 e. The molecule has 2 amide bonds. The zero-order chi connectivity index (χ0) is 19.6. The third-order valence-electron chi connectivity index (χ3n) is 4.36. The minimum Gasteiger partial charge on any atom is -0.484 e. The van der Waals surface area contributed by atoms with Crippen LogP contribution in [0.5, 0.6) is 5.75 Å². The van der Waals surface area contributed by atoms with Gasteiger partial charge in [0.05, 0.1) is 16.3 Å². The first-order chi connectivity index (χ1) is 12.9. The summed E-state index contributed by atoms with van der Waals surface area (Å²) < 4.78 is 5.55. The standard InChI is InChI=1S/C19H19N3O5/c1-12-9-14(7-8-16(12)22(25)26)27-11-19(24)21-13(2)10-18(23)20-15-5-3-4-6-17(15)21/h3-9,13H,10-11H2,1-2H3,(H,20,23)/t13-/m1/s1. The summed E-state index contributed by atoms with van der Waals surface area (Å²) in [6.07, 6.45) is 0.178. The maximum atomic E-state index is 12.8. The van der Waals surface area contributed by atoms with E-state index in [0.717, 1.165) is 0 Å². The van der Waals surface area contributed by atoms with Crippen LogP contribution in [0.4, 0.5) is 17.1 Å². The molecule has 0 fully saturated rings. The van der Waals surface area contributed by atoms with E-state index in [0.29, 0.717) is 22.7 Å². The van der Waals surface area contributed by atoms with Gasteiger partial charge in [-0.2, -0.15) is 0 Å². The molecule has 1 N–H and O–H groups in total. The molecule has 0 saturated carbocycles. The minimum absolute atomic E-state index is 0.00617. The third-order valence-corrected chi connectivity index (χ3v) is 4.36. The van der Waals surface area contributed by atoms with Crippen molar-refractivity contribution in [1.82, 2.24) is 0 Å². The molecule has 2 aromatic rings. The Morgan fingerprint density at radius 3 is 2.78 bits per heavy atom. The number of fused-ring (bicyclic) bond motifs is 1. The summed E-state index contributed by atoms with van der Waals surface area (Å²) in [5, 5.41) is 13.7. The first-order valence-electron chi connectivity index (χ1n) is 8.45. The highest BCUT2D eigenvalue weighted by Crippen LogP contribution is 2.31. The monoisotopic (exact) mass is 369 g/mol. The van der Waals surface area contributed by atoms with Gasteiger partial charge in [0.2, 0.25) is 5.91 Å². The number of carbonyl (C=O) groups excluding carboxylic acids is 2. The number of hydrogen-bond acceptors (Lipinski definition) is 5. The molecule has 0 bridgehead atoms. The quantitative estimate of drug-likeness (QED) is 0.659. The molecular weight excluding hydrogens is 350 g/mol. The predicted molar refractivity (Wildman–Crippen MR) is 100.0 cm³/mol. The summed E-state index contributed by atoms with van der Waals surface area (Å²) in [6.45, 7) is 3.16. The van der Waals surface area contributed by atoms with Gasteiger partial charge in [-0.15, -0.1) is 0 Å². The number of benzene rings is 2. The number of ether oxygens (including phenoxy) is 1. The van der Waals surface area contributed by atoms with Crippen LogP contribution in [-0.2, 0) is 9.59 Å².